The molecule has 2 bridgehead atoms. The van der Waals surface area contributed by atoms with Gasteiger partial charge in [-0.25, -0.2) is 0 Å². The number of carboxylic acid groups (broad SMARTS) is 1. The molecule has 0 aromatic heterocycles. The van der Waals surface area contributed by atoms with Gasteiger partial charge in [0.05, 0.1) is 0 Å². The van der Waals surface area contributed by atoms with Crippen molar-refractivity contribution in [1.82, 2.24) is 5.32 Å². The summed E-state index contributed by atoms with van der Waals surface area (Å²) in [6, 6.07) is 1.38. The van der Waals surface area contributed by atoms with E-state index >= 15 is 0 Å². The molecule has 0 spiro atoms. The van der Waals surface area contributed by atoms with Gasteiger partial charge in [0, 0.05) is 18.5 Å². The summed E-state index contributed by atoms with van der Waals surface area (Å²) >= 11 is 0. The van der Waals surface area contributed by atoms with Crippen LogP contribution in [-0.4, -0.2) is 23.2 Å². The highest BCUT2D eigenvalue weighted by Gasteiger charge is 2.33. The number of carboxylic acids is 1. The molecule has 0 aliphatic carbocycles. The van der Waals surface area contributed by atoms with Crippen LogP contribution in [-0.2, 0) is 4.79 Å². The topological polar surface area (TPSA) is 49.3 Å². The lowest BCUT2D eigenvalue weighted by molar-refractivity contribution is -0.137. The highest BCUT2D eigenvalue weighted by atomic mass is 16.4. The molecule has 2 saturated heterocycles. The van der Waals surface area contributed by atoms with Crippen molar-refractivity contribution in [3.63, 3.8) is 0 Å². The van der Waals surface area contributed by atoms with Gasteiger partial charge in [0.25, 0.3) is 0 Å². The molecule has 2 aliphatic rings. The van der Waals surface area contributed by atoms with Gasteiger partial charge < -0.3 is 10.4 Å². The molecule has 0 radical (unpaired) electrons. The zero-order valence-corrected chi connectivity index (χ0v) is 7.83. The van der Waals surface area contributed by atoms with Gasteiger partial charge in [0.2, 0.25) is 0 Å². The van der Waals surface area contributed by atoms with Gasteiger partial charge in [-0.2, -0.15) is 0 Å². The van der Waals surface area contributed by atoms with Gasteiger partial charge in [-0.3, -0.25) is 4.79 Å². The highest BCUT2D eigenvalue weighted by molar-refractivity contribution is 5.66. The number of aliphatic carboxylic acids is 1. The smallest absolute Gasteiger partial charge is 0.303 e. The second-order valence-corrected chi connectivity index (χ2v) is 4.41. The average Bonchev–Trinajstić information content (AvgIpc) is 2.42. The Hall–Kier alpha value is -0.570. The summed E-state index contributed by atoms with van der Waals surface area (Å²) in [5, 5.41) is 12.1. The molecule has 0 saturated carbocycles. The van der Waals surface area contributed by atoms with Crippen LogP contribution in [0.3, 0.4) is 0 Å². The first-order valence-corrected chi connectivity index (χ1v) is 5.22. The lowest BCUT2D eigenvalue weighted by Crippen LogP contribution is -2.38. The Morgan fingerprint density at radius 1 is 1.31 bits per heavy atom. The van der Waals surface area contributed by atoms with Crippen molar-refractivity contribution in [3.8, 4) is 0 Å². The van der Waals surface area contributed by atoms with Gasteiger partial charge in [0.1, 0.15) is 0 Å². The highest BCUT2D eigenvalue weighted by Crippen LogP contribution is 2.33. The van der Waals surface area contributed by atoms with Crippen LogP contribution < -0.4 is 5.32 Å². The normalized spacial score (nSPS) is 37.7. The molecule has 2 heterocycles. The first-order chi connectivity index (χ1) is 6.24. The van der Waals surface area contributed by atoms with Crippen LogP contribution in [0.2, 0.25) is 0 Å². The number of piperidine rings is 1. The molecule has 2 fully saturated rings. The van der Waals surface area contributed by atoms with Crippen molar-refractivity contribution in [2.24, 2.45) is 5.92 Å². The third-order valence-corrected chi connectivity index (χ3v) is 3.34. The van der Waals surface area contributed by atoms with E-state index in [1.165, 1.54) is 25.7 Å². The molecule has 2 rings (SSSR count). The van der Waals surface area contributed by atoms with Crippen LogP contribution in [0, 0.1) is 5.92 Å². The van der Waals surface area contributed by atoms with Crippen LogP contribution in [0.1, 0.15) is 38.5 Å². The van der Waals surface area contributed by atoms with E-state index in [0.29, 0.717) is 24.4 Å². The van der Waals surface area contributed by atoms with Gasteiger partial charge in [-0.15, -0.1) is 0 Å². The SMILES string of the molecule is O=C(O)CCC1CC2CCC(C1)N2. The van der Waals surface area contributed by atoms with Crippen molar-refractivity contribution < 1.29 is 9.90 Å². The summed E-state index contributed by atoms with van der Waals surface area (Å²) in [5.41, 5.74) is 0. The molecule has 74 valence electrons. The summed E-state index contributed by atoms with van der Waals surface area (Å²) in [5.74, 6) is 0.0146. The summed E-state index contributed by atoms with van der Waals surface area (Å²) in [7, 11) is 0. The Bertz CT molecular complexity index is 193. The van der Waals surface area contributed by atoms with Crippen molar-refractivity contribution >= 4 is 5.97 Å². The molecular weight excluding hydrogens is 166 g/mol. The van der Waals surface area contributed by atoms with Gasteiger partial charge >= 0.3 is 5.97 Å². The first kappa shape index (κ1) is 9.00. The van der Waals surface area contributed by atoms with Gasteiger partial charge in [0.15, 0.2) is 0 Å². The van der Waals surface area contributed by atoms with Crippen molar-refractivity contribution in [2.75, 3.05) is 0 Å². The van der Waals surface area contributed by atoms with Crippen LogP contribution >= 0.6 is 0 Å². The number of fused-ring (bicyclic) bond motifs is 2. The first-order valence-electron chi connectivity index (χ1n) is 5.22. The lowest BCUT2D eigenvalue weighted by Gasteiger charge is -2.28. The fourth-order valence-corrected chi connectivity index (χ4v) is 2.74. The Kier molecular flexibility index (Phi) is 2.54. The Labute approximate surface area is 78.5 Å². The minimum Gasteiger partial charge on any atom is -0.481 e. The molecule has 0 aromatic rings. The third-order valence-electron chi connectivity index (χ3n) is 3.34. The molecule has 2 atom stereocenters. The largest absolute Gasteiger partial charge is 0.481 e. The van der Waals surface area contributed by atoms with Crippen molar-refractivity contribution in [1.29, 1.82) is 0 Å². The Balaban J connectivity index is 1.78. The summed E-state index contributed by atoms with van der Waals surface area (Å²) in [4.78, 5) is 10.4. The van der Waals surface area contributed by atoms with E-state index < -0.39 is 5.97 Å². The van der Waals surface area contributed by atoms with Crippen LogP contribution in [0.5, 0.6) is 0 Å². The molecule has 3 nitrogen and oxygen atoms in total. The average molecular weight is 183 g/mol. The van der Waals surface area contributed by atoms with E-state index in [1.807, 2.05) is 0 Å². The number of nitrogens with one attached hydrogen (secondary N) is 1. The van der Waals surface area contributed by atoms with E-state index in [4.69, 9.17) is 5.11 Å². The minimum absolute atomic E-state index is 0.351. The second-order valence-electron chi connectivity index (χ2n) is 4.41. The third kappa shape index (κ3) is 2.21. The fourth-order valence-electron chi connectivity index (χ4n) is 2.74. The zero-order valence-electron chi connectivity index (χ0n) is 7.83. The van der Waals surface area contributed by atoms with E-state index in [1.54, 1.807) is 0 Å². The Morgan fingerprint density at radius 3 is 2.46 bits per heavy atom. The lowest BCUT2D eigenvalue weighted by atomic mass is 9.89. The predicted octanol–water partition coefficient (Wildman–Crippen LogP) is 1.38. The maximum Gasteiger partial charge on any atom is 0.303 e. The van der Waals surface area contributed by atoms with Crippen LogP contribution in [0.25, 0.3) is 0 Å². The maximum absolute atomic E-state index is 10.4. The summed E-state index contributed by atoms with van der Waals surface area (Å²) in [6.07, 6.45) is 6.23. The van der Waals surface area contributed by atoms with Crippen molar-refractivity contribution in [2.45, 2.75) is 50.6 Å². The summed E-state index contributed by atoms with van der Waals surface area (Å²) < 4.78 is 0. The molecule has 0 aromatic carbocycles. The molecule has 2 aliphatic heterocycles. The second kappa shape index (κ2) is 3.66. The van der Waals surface area contributed by atoms with E-state index in [9.17, 15) is 4.79 Å². The number of carbonyl (C=O) groups is 1. The number of rotatable bonds is 3. The standard InChI is InChI=1S/C10H17NO2/c12-10(13)4-1-7-5-8-2-3-9(6-7)11-8/h7-9,11H,1-6H2,(H,12,13). The zero-order chi connectivity index (χ0) is 9.26. The van der Waals surface area contributed by atoms with E-state index in [-0.39, 0.29) is 0 Å². The van der Waals surface area contributed by atoms with E-state index in [2.05, 4.69) is 5.32 Å². The molecule has 2 N–H and O–H groups in total. The number of hydrogen-bond donors (Lipinski definition) is 2. The molecule has 3 heteroatoms. The molecular formula is C10H17NO2. The maximum atomic E-state index is 10.4. The van der Waals surface area contributed by atoms with Gasteiger partial charge in [-0.05, 0) is 38.0 Å². The van der Waals surface area contributed by atoms with E-state index in [0.717, 1.165) is 6.42 Å². The predicted molar refractivity (Wildman–Crippen MR) is 49.5 cm³/mol. The molecule has 0 amide bonds. The Morgan fingerprint density at radius 2 is 1.92 bits per heavy atom. The molecule has 13 heavy (non-hydrogen) atoms. The quantitative estimate of drug-likeness (QED) is 0.695. The number of hydrogen-bond acceptors (Lipinski definition) is 2. The van der Waals surface area contributed by atoms with Crippen molar-refractivity contribution in [3.05, 3.63) is 0 Å². The molecule has 2 unspecified atom stereocenters. The van der Waals surface area contributed by atoms with Crippen LogP contribution in [0.4, 0.5) is 0 Å². The van der Waals surface area contributed by atoms with Crippen LogP contribution in [0.15, 0.2) is 0 Å². The monoisotopic (exact) mass is 183 g/mol. The fraction of sp³-hybridized carbons (Fsp3) is 0.900. The minimum atomic E-state index is -0.647. The van der Waals surface area contributed by atoms with Gasteiger partial charge in [-0.1, -0.05) is 0 Å². The summed E-state index contributed by atoms with van der Waals surface area (Å²) in [6.45, 7) is 0.